The lowest BCUT2D eigenvalue weighted by molar-refractivity contribution is 1.30. The molecule has 0 fully saturated rings. The third-order valence-corrected chi connectivity index (χ3v) is 2.36. The zero-order valence-corrected chi connectivity index (χ0v) is 7.51. The summed E-state index contributed by atoms with van der Waals surface area (Å²) in [5, 5.41) is 3.49. The summed E-state index contributed by atoms with van der Waals surface area (Å²) in [5.41, 5.74) is 0.811. The SMILES string of the molecule is c1ccc2c(c1)cnc1ncccc12. The van der Waals surface area contributed by atoms with E-state index in [2.05, 4.69) is 28.2 Å². The van der Waals surface area contributed by atoms with Gasteiger partial charge in [0.15, 0.2) is 5.65 Å². The van der Waals surface area contributed by atoms with E-state index in [1.165, 1.54) is 5.39 Å². The third-order valence-electron chi connectivity index (χ3n) is 2.36. The number of fused-ring (bicyclic) bond motifs is 3. The minimum Gasteiger partial charge on any atom is -0.237 e. The smallest absolute Gasteiger partial charge is 0.159 e. The Morgan fingerprint density at radius 1 is 0.786 bits per heavy atom. The van der Waals surface area contributed by atoms with E-state index in [0.29, 0.717) is 0 Å². The summed E-state index contributed by atoms with van der Waals surface area (Å²) in [6, 6.07) is 12.2. The number of hydrogen-bond acceptors (Lipinski definition) is 2. The molecule has 14 heavy (non-hydrogen) atoms. The Morgan fingerprint density at radius 2 is 1.64 bits per heavy atom. The summed E-state index contributed by atoms with van der Waals surface area (Å²) < 4.78 is 0. The van der Waals surface area contributed by atoms with Crippen LogP contribution in [0.1, 0.15) is 0 Å². The van der Waals surface area contributed by atoms with E-state index < -0.39 is 0 Å². The van der Waals surface area contributed by atoms with Crippen LogP contribution in [0.4, 0.5) is 0 Å². The van der Waals surface area contributed by atoms with Crippen molar-refractivity contribution in [2.75, 3.05) is 0 Å². The summed E-state index contributed by atoms with van der Waals surface area (Å²) in [6.45, 7) is 0. The molecule has 0 aliphatic carbocycles. The van der Waals surface area contributed by atoms with Crippen molar-refractivity contribution < 1.29 is 0 Å². The molecule has 3 rings (SSSR count). The highest BCUT2D eigenvalue weighted by Crippen LogP contribution is 2.20. The molecule has 0 N–H and O–H groups in total. The fraction of sp³-hybridized carbons (Fsp3) is 0. The van der Waals surface area contributed by atoms with E-state index in [4.69, 9.17) is 0 Å². The van der Waals surface area contributed by atoms with E-state index in [-0.39, 0.29) is 0 Å². The summed E-state index contributed by atoms with van der Waals surface area (Å²) in [5.74, 6) is 0. The van der Waals surface area contributed by atoms with Crippen LogP contribution in [0.2, 0.25) is 0 Å². The number of pyridine rings is 2. The standard InChI is InChI=1S/C12H8N2/c1-2-5-10-9(4-1)8-14-12-11(10)6-3-7-13-12/h1-8H. The normalized spacial score (nSPS) is 10.9. The topological polar surface area (TPSA) is 25.8 Å². The fourth-order valence-electron chi connectivity index (χ4n) is 1.70. The van der Waals surface area contributed by atoms with Gasteiger partial charge in [0, 0.05) is 23.2 Å². The summed E-state index contributed by atoms with van der Waals surface area (Å²) >= 11 is 0. The first kappa shape index (κ1) is 7.44. The van der Waals surface area contributed by atoms with Gasteiger partial charge in [-0.1, -0.05) is 24.3 Å². The van der Waals surface area contributed by atoms with Crippen LogP contribution < -0.4 is 0 Å². The van der Waals surface area contributed by atoms with Gasteiger partial charge >= 0.3 is 0 Å². The number of benzene rings is 1. The molecule has 0 spiro atoms. The van der Waals surface area contributed by atoms with Crippen molar-refractivity contribution in [3.05, 3.63) is 48.8 Å². The Kier molecular flexibility index (Phi) is 1.47. The number of rotatable bonds is 0. The minimum atomic E-state index is 0.811. The van der Waals surface area contributed by atoms with E-state index in [1.807, 2.05) is 24.4 Å². The van der Waals surface area contributed by atoms with Crippen molar-refractivity contribution in [1.82, 2.24) is 9.97 Å². The molecule has 0 aliphatic heterocycles. The van der Waals surface area contributed by atoms with Gasteiger partial charge in [0.1, 0.15) is 0 Å². The van der Waals surface area contributed by atoms with E-state index in [0.717, 1.165) is 16.4 Å². The highest BCUT2D eigenvalue weighted by molar-refractivity contribution is 6.03. The zero-order valence-electron chi connectivity index (χ0n) is 7.51. The lowest BCUT2D eigenvalue weighted by atomic mass is 10.1. The first-order valence-corrected chi connectivity index (χ1v) is 4.53. The van der Waals surface area contributed by atoms with Gasteiger partial charge in [-0.05, 0) is 17.5 Å². The molecule has 0 atom stereocenters. The molecule has 0 saturated heterocycles. The predicted octanol–water partition coefficient (Wildman–Crippen LogP) is 2.78. The quantitative estimate of drug-likeness (QED) is 0.497. The molecular weight excluding hydrogens is 172 g/mol. The molecule has 0 radical (unpaired) electrons. The fourth-order valence-corrected chi connectivity index (χ4v) is 1.70. The van der Waals surface area contributed by atoms with Gasteiger partial charge in [-0.2, -0.15) is 0 Å². The summed E-state index contributed by atoms with van der Waals surface area (Å²) in [7, 11) is 0. The van der Waals surface area contributed by atoms with Crippen LogP contribution in [-0.2, 0) is 0 Å². The van der Waals surface area contributed by atoms with Crippen LogP contribution in [0, 0.1) is 0 Å². The Morgan fingerprint density at radius 3 is 2.64 bits per heavy atom. The number of aromatic nitrogens is 2. The Bertz CT molecular complexity index is 547. The molecule has 66 valence electrons. The maximum atomic E-state index is 4.30. The van der Waals surface area contributed by atoms with Gasteiger partial charge in [-0.25, -0.2) is 9.97 Å². The Balaban J connectivity index is 2.61. The van der Waals surface area contributed by atoms with Crippen LogP contribution in [0.3, 0.4) is 0 Å². The highest BCUT2D eigenvalue weighted by Gasteiger charge is 1.99. The molecule has 1 aromatic carbocycles. The van der Waals surface area contributed by atoms with Crippen molar-refractivity contribution in [3.63, 3.8) is 0 Å². The monoisotopic (exact) mass is 180 g/mol. The first-order valence-electron chi connectivity index (χ1n) is 4.53. The number of hydrogen-bond donors (Lipinski definition) is 0. The van der Waals surface area contributed by atoms with Gasteiger partial charge in [-0.15, -0.1) is 0 Å². The van der Waals surface area contributed by atoms with Gasteiger partial charge < -0.3 is 0 Å². The maximum Gasteiger partial charge on any atom is 0.159 e. The van der Waals surface area contributed by atoms with E-state index in [9.17, 15) is 0 Å². The van der Waals surface area contributed by atoms with Crippen LogP contribution in [-0.4, -0.2) is 9.97 Å². The second-order valence-corrected chi connectivity index (χ2v) is 3.22. The Hall–Kier alpha value is -1.96. The van der Waals surface area contributed by atoms with Gasteiger partial charge in [0.25, 0.3) is 0 Å². The van der Waals surface area contributed by atoms with E-state index >= 15 is 0 Å². The van der Waals surface area contributed by atoms with Crippen molar-refractivity contribution in [1.29, 1.82) is 0 Å². The average Bonchev–Trinajstić information content (AvgIpc) is 2.29. The molecule has 2 nitrogen and oxygen atoms in total. The Labute approximate surface area is 81.2 Å². The largest absolute Gasteiger partial charge is 0.237 e. The van der Waals surface area contributed by atoms with Crippen LogP contribution in [0.25, 0.3) is 21.8 Å². The van der Waals surface area contributed by atoms with Crippen LogP contribution >= 0.6 is 0 Å². The number of nitrogens with zero attached hydrogens (tertiary/aromatic N) is 2. The van der Waals surface area contributed by atoms with Gasteiger partial charge in [0.2, 0.25) is 0 Å². The van der Waals surface area contributed by atoms with Crippen molar-refractivity contribution >= 4 is 21.8 Å². The van der Waals surface area contributed by atoms with Gasteiger partial charge in [-0.3, -0.25) is 0 Å². The zero-order chi connectivity index (χ0) is 9.38. The maximum absolute atomic E-state index is 4.30. The highest BCUT2D eigenvalue weighted by atomic mass is 14.8. The van der Waals surface area contributed by atoms with E-state index in [1.54, 1.807) is 6.20 Å². The summed E-state index contributed by atoms with van der Waals surface area (Å²) in [4.78, 5) is 8.52. The third kappa shape index (κ3) is 0.973. The van der Waals surface area contributed by atoms with Crippen LogP contribution in [0.15, 0.2) is 48.8 Å². The molecule has 0 amide bonds. The molecule has 2 heterocycles. The average molecular weight is 180 g/mol. The lowest BCUT2D eigenvalue weighted by Gasteiger charge is -2.00. The molecule has 2 heteroatoms. The summed E-state index contributed by atoms with van der Waals surface area (Å²) in [6.07, 6.45) is 3.63. The first-order chi connectivity index (χ1) is 6.95. The molecule has 0 aliphatic rings. The second kappa shape index (κ2) is 2.77. The molecule has 3 aromatic rings. The van der Waals surface area contributed by atoms with Crippen LogP contribution in [0.5, 0.6) is 0 Å². The molecular formula is C12H8N2. The van der Waals surface area contributed by atoms with Crippen molar-refractivity contribution in [3.8, 4) is 0 Å². The molecule has 2 aromatic heterocycles. The second-order valence-electron chi connectivity index (χ2n) is 3.22. The lowest BCUT2D eigenvalue weighted by Crippen LogP contribution is -1.83. The molecule has 0 bridgehead atoms. The van der Waals surface area contributed by atoms with Crippen molar-refractivity contribution in [2.24, 2.45) is 0 Å². The molecule has 0 unspecified atom stereocenters. The van der Waals surface area contributed by atoms with Crippen molar-refractivity contribution in [2.45, 2.75) is 0 Å². The molecule has 0 saturated carbocycles. The minimum absolute atomic E-state index is 0.811. The van der Waals surface area contributed by atoms with Gasteiger partial charge in [0.05, 0.1) is 0 Å². The predicted molar refractivity (Wildman–Crippen MR) is 57.0 cm³/mol.